The van der Waals surface area contributed by atoms with Crippen LogP contribution in [0.5, 0.6) is 11.8 Å². The zero-order chi connectivity index (χ0) is 10.6. The van der Waals surface area contributed by atoms with Gasteiger partial charge in [0.05, 0.1) is 25.9 Å². The molecular weight excluding hydrogens is 186 g/mol. The fourth-order valence-electron chi connectivity index (χ4n) is 1.00. The minimum Gasteiger partial charge on any atom is -0.480 e. The molecule has 1 aromatic heterocycles. The van der Waals surface area contributed by atoms with Crippen molar-refractivity contribution in [2.45, 2.75) is 6.10 Å². The summed E-state index contributed by atoms with van der Waals surface area (Å²) in [6.45, 7) is 0.0885. The normalized spacial score (nSPS) is 12.3. The van der Waals surface area contributed by atoms with E-state index < -0.39 is 6.10 Å². The van der Waals surface area contributed by atoms with Crippen molar-refractivity contribution < 1.29 is 14.6 Å². The molecule has 78 valence electrons. The lowest BCUT2D eigenvalue weighted by atomic mass is 10.1. The summed E-state index contributed by atoms with van der Waals surface area (Å²) < 4.78 is 9.79. The monoisotopic (exact) mass is 199 g/mol. The molecule has 3 N–H and O–H groups in total. The van der Waals surface area contributed by atoms with E-state index in [1.54, 1.807) is 6.07 Å². The van der Waals surface area contributed by atoms with Gasteiger partial charge in [0.15, 0.2) is 0 Å². The summed E-state index contributed by atoms with van der Waals surface area (Å²) in [6, 6.07) is 1.54. The van der Waals surface area contributed by atoms with Crippen molar-refractivity contribution in [1.82, 2.24) is 10.2 Å². The summed E-state index contributed by atoms with van der Waals surface area (Å²) in [5.41, 5.74) is 5.80. The number of hydrogen-bond acceptors (Lipinski definition) is 6. The lowest BCUT2D eigenvalue weighted by molar-refractivity contribution is 0.179. The second-order valence-corrected chi connectivity index (χ2v) is 2.60. The quantitative estimate of drug-likeness (QED) is 0.678. The predicted octanol–water partition coefficient (Wildman–Crippen LogP) is -0.514. The molecule has 0 aromatic carbocycles. The van der Waals surface area contributed by atoms with E-state index in [1.807, 2.05) is 0 Å². The van der Waals surface area contributed by atoms with Gasteiger partial charge in [0.25, 0.3) is 0 Å². The van der Waals surface area contributed by atoms with Crippen LogP contribution in [0.15, 0.2) is 6.07 Å². The van der Waals surface area contributed by atoms with Crippen molar-refractivity contribution >= 4 is 0 Å². The molecule has 0 radical (unpaired) electrons. The Balaban J connectivity index is 3.08. The smallest absolute Gasteiger partial charge is 0.239 e. The van der Waals surface area contributed by atoms with Crippen LogP contribution in [-0.2, 0) is 0 Å². The second kappa shape index (κ2) is 4.73. The number of aliphatic hydroxyl groups excluding tert-OH is 1. The van der Waals surface area contributed by atoms with E-state index in [4.69, 9.17) is 15.2 Å². The maximum atomic E-state index is 9.53. The number of aliphatic hydroxyl groups is 1. The number of aromatic nitrogens is 2. The zero-order valence-corrected chi connectivity index (χ0v) is 8.10. The molecule has 14 heavy (non-hydrogen) atoms. The Kier molecular flexibility index (Phi) is 3.61. The third-order valence-corrected chi connectivity index (χ3v) is 1.75. The zero-order valence-electron chi connectivity index (χ0n) is 8.10. The van der Waals surface area contributed by atoms with E-state index in [0.717, 1.165) is 0 Å². The van der Waals surface area contributed by atoms with Gasteiger partial charge >= 0.3 is 0 Å². The van der Waals surface area contributed by atoms with Gasteiger partial charge in [-0.1, -0.05) is 0 Å². The second-order valence-electron chi connectivity index (χ2n) is 2.60. The molecule has 1 atom stereocenters. The lowest BCUT2D eigenvalue weighted by Crippen LogP contribution is -2.13. The lowest BCUT2D eigenvalue weighted by Gasteiger charge is -2.11. The molecular formula is C8H13N3O3. The Morgan fingerprint density at radius 3 is 2.64 bits per heavy atom. The molecule has 0 aliphatic carbocycles. The summed E-state index contributed by atoms with van der Waals surface area (Å²) in [7, 11) is 2.92. The molecule has 0 aliphatic heterocycles. The first kappa shape index (κ1) is 10.7. The van der Waals surface area contributed by atoms with Gasteiger partial charge in [-0.15, -0.1) is 10.2 Å². The third-order valence-electron chi connectivity index (χ3n) is 1.75. The minimum absolute atomic E-state index is 0.0885. The fourth-order valence-corrected chi connectivity index (χ4v) is 1.00. The van der Waals surface area contributed by atoms with Crippen LogP contribution in [0.3, 0.4) is 0 Å². The van der Waals surface area contributed by atoms with Crippen LogP contribution < -0.4 is 15.2 Å². The van der Waals surface area contributed by atoms with Crippen LogP contribution in [0, 0.1) is 0 Å². The number of ether oxygens (including phenoxy) is 2. The molecule has 0 aliphatic rings. The van der Waals surface area contributed by atoms with Crippen molar-refractivity contribution in [3.05, 3.63) is 11.6 Å². The summed E-state index contributed by atoms with van der Waals surface area (Å²) in [5, 5.41) is 17.0. The Bertz CT molecular complexity index is 306. The molecule has 0 saturated heterocycles. The molecule has 1 aromatic rings. The van der Waals surface area contributed by atoms with Crippen molar-refractivity contribution in [3.8, 4) is 11.8 Å². The van der Waals surface area contributed by atoms with Crippen molar-refractivity contribution in [1.29, 1.82) is 0 Å². The van der Waals surface area contributed by atoms with Gasteiger partial charge in [0, 0.05) is 12.6 Å². The number of hydrogen-bond donors (Lipinski definition) is 2. The largest absolute Gasteiger partial charge is 0.480 e. The van der Waals surface area contributed by atoms with Crippen molar-refractivity contribution in [2.75, 3.05) is 20.8 Å². The van der Waals surface area contributed by atoms with E-state index in [-0.39, 0.29) is 12.4 Å². The van der Waals surface area contributed by atoms with Crippen LogP contribution in [0.4, 0.5) is 0 Å². The molecule has 6 nitrogen and oxygen atoms in total. The third kappa shape index (κ3) is 2.09. The maximum Gasteiger partial charge on any atom is 0.239 e. The van der Waals surface area contributed by atoms with Gasteiger partial charge < -0.3 is 20.3 Å². The van der Waals surface area contributed by atoms with Crippen molar-refractivity contribution in [3.63, 3.8) is 0 Å². The summed E-state index contributed by atoms with van der Waals surface area (Å²) >= 11 is 0. The van der Waals surface area contributed by atoms with Gasteiger partial charge in [0.1, 0.15) is 0 Å². The number of nitrogens with two attached hydrogens (primary N) is 1. The standard InChI is InChI=1S/C8H13N3O3/c1-13-7-3-5(6(12)4-9)8(14-2)11-10-7/h3,6,12H,4,9H2,1-2H3. The highest BCUT2D eigenvalue weighted by Gasteiger charge is 2.15. The van der Waals surface area contributed by atoms with Gasteiger partial charge in [-0.25, -0.2) is 0 Å². The van der Waals surface area contributed by atoms with E-state index in [9.17, 15) is 5.11 Å². The van der Waals surface area contributed by atoms with Gasteiger partial charge in [-0.3, -0.25) is 0 Å². The Morgan fingerprint density at radius 1 is 1.43 bits per heavy atom. The molecule has 6 heteroatoms. The van der Waals surface area contributed by atoms with Crippen LogP contribution in [-0.4, -0.2) is 36.1 Å². The molecule has 1 unspecified atom stereocenters. The average molecular weight is 199 g/mol. The summed E-state index contributed by atoms with van der Waals surface area (Å²) in [4.78, 5) is 0. The van der Waals surface area contributed by atoms with E-state index in [0.29, 0.717) is 11.4 Å². The fraction of sp³-hybridized carbons (Fsp3) is 0.500. The number of rotatable bonds is 4. The maximum absolute atomic E-state index is 9.53. The van der Waals surface area contributed by atoms with Crippen LogP contribution >= 0.6 is 0 Å². The van der Waals surface area contributed by atoms with E-state index >= 15 is 0 Å². The summed E-state index contributed by atoms with van der Waals surface area (Å²) in [6.07, 6.45) is -0.825. The highest BCUT2D eigenvalue weighted by molar-refractivity contribution is 5.31. The molecule has 0 spiro atoms. The molecule has 0 amide bonds. The first-order chi connectivity index (χ1) is 6.72. The highest BCUT2D eigenvalue weighted by Crippen LogP contribution is 2.24. The number of nitrogens with zero attached hydrogens (tertiary/aromatic N) is 2. The van der Waals surface area contributed by atoms with Crippen LogP contribution in [0.25, 0.3) is 0 Å². The van der Waals surface area contributed by atoms with Crippen LogP contribution in [0.1, 0.15) is 11.7 Å². The average Bonchev–Trinajstić information content (AvgIpc) is 2.27. The summed E-state index contributed by atoms with van der Waals surface area (Å²) in [5.74, 6) is 0.567. The van der Waals surface area contributed by atoms with Gasteiger partial charge in [-0.2, -0.15) is 0 Å². The molecule has 1 heterocycles. The molecule has 0 saturated carbocycles. The predicted molar refractivity (Wildman–Crippen MR) is 49.2 cm³/mol. The van der Waals surface area contributed by atoms with Crippen LogP contribution in [0.2, 0.25) is 0 Å². The Hall–Kier alpha value is -1.40. The van der Waals surface area contributed by atoms with E-state index in [2.05, 4.69) is 10.2 Å². The Morgan fingerprint density at radius 2 is 2.14 bits per heavy atom. The van der Waals surface area contributed by atoms with E-state index in [1.165, 1.54) is 14.2 Å². The first-order valence-corrected chi connectivity index (χ1v) is 4.06. The minimum atomic E-state index is -0.825. The molecule has 1 rings (SSSR count). The first-order valence-electron chi connectivity index (χ1n) is 4.06. The van der Waals surface area contributed by atoms with Gasteiger partial charge in [0.2, 0.25) is 11.8 Å². The SMILES string of the molecule is COc1cc(C(O)CN)c(OC)nn1. The Labute approximate surface area is 81.7 Å². The molecule has 0 bridgehead atoms. The highest BCUT2D eigenvalue weighted by atomic mass is 16.5. The number of methoxy groups -OCH3 is 2. The van der Waals surface area contributed by atoms with Gasteiger partial charge in [-0.05, 0) is 0 Å². The molecule has 0 fully saturated rings. The van der Waals surface area contributed by atoms with Crippen molar-refractivity contribution in [2.24, 2.45) is 5.73 Å². The topological polar surface area (TPSA) is 90.5 Å².